The smallest absolute Gasteiger partial charge is 0.328 e. The molecule has 23 heavy (non-hydrogen) atoms. The molecule has 0 saturated heterocycles. The normalized spacial score (nSPS) is 12.2. The number of carboxylic acids is 1. The first kappa shape index (κ1) is 16.7. The Labute approximate surface area is 134 Å². The van der Waals surface area contributed by atoms with Gasteiger partial charge >= 0.3 is 5.97 Å². The molecule has 0 spiro atoms. The lowest BCUT2D eigenvalue weighted by Crippen LogP contribution is -2.23. The zero-order chi connectivity index (χ0) is 17.0. The van der Waals surface area contributed by atoms with Gasteiger partial charge in [-0.2, -0.15) is 0 Å². The largest absolute Gasteiger partial charge is 0.497 e. The fourth-order valence-electron chi connectivity index (χ4n) is 2.28. The lowest BCUT2D eigenvalue weighted by Gasteiger charge is -2.16. The molecule has 1 atom stereocenters. The maximum atomic E-state index is 11.6. The second-order valence-corrected chi connectivity index (χ2v) is 5.53. The highest BCUT2D eigenvalue weighted by atomic mass is 16.5. The molecular formula is C15H20N4O4. The highest BCUT2D eigenvalue weighted by Crippen LogP contribution is 2.30. The van der Waals surface area contributed by atoms with Crippen LogP contribution in [-0.4, -0.2) is 45.5 Å². The fourth-order valence-corrected chi connectivity index (χ4v) is 2.28. The van der Waals surface area contributed by atoms with Crippen molar-refractivity contribution in [3.05, 3.63) is 18.2 Å². The Kier molecular flexibility index (Phi) is 5.15. The maximum absolute atomic E-state index is 11.6. The van der Waals surface area contributed by atoms with Crippen molar-refractivity contribution < 1.29 is 19.4 Å². The molecule has 1 heterocycles. The fraction of sp³-hybridized carbons (Fsp3) is 0.467. The minimum absolute atomic E-state index is 0.188. The topological polar surface area (TPSA) is 99.4 Å². The van der Waals surface area contributed by atoms with E-state index in [1.807, 2.05) is 13.8 Å². The number of rotatable bonds is 7. The first-order valence-corrected chi connectivity index (χ1v) is 7.20. The van der Waals surface area contributed by atoms with Crippen LogP contribution in [0.5, 0.6) is 11.5 Å². The Morgan fingerprint density at radius 1 is 1.22 bits per heavy atom. The van der Waals surface area contributed by atoms with E-state index < -0.39 is 12.0 Å². The monoisotopic (exact) mass is 320 g/mol. The van der Waals surface area contributed by atoms with Crippen molar-refractivity contribution in [2.45, 2.75) is 26.3 Å². The molecule has 0 amide bonds. The van der Waals surface area contributed by atoms with Crippen LogP contribution in [0.1, 0.15) is 26.3 Å². The van der Waals surface area contributed by atoms with E-state index in [1.54, 1.807) is 32.4 Å². The molecular weight excluding hydrogens is 300 g/mol. The minimum atomic E-state index is -0.970. The summed E-state index contributed by atoms with van der Waals surface area (Å²) in [6.07, 6.45) is 0.425. The number of ether oxygens (including phenoxy) is 2. The first-order valence-electron chi connectivity index (χ1n) is 7.20. The second-order valence-electron chi connectivity index (χ2n) is 5.53. The highest BCUT2D eigenvalue weighted by Gasteiger charge is 2.26. The summed E-state index contributed by atoms with van der Waals surface area (Å²) >= 11 is 0. The van der Waals surface area contributed by atoms with Crippen LogP contribution >= 0.6 is 0 Å². The molecule has 0 aliphatic carbocycles. The lowest BCUT2D eigenvalue weighted by molar-refractivity contribution is -0.141. The van der Waals surface area contributed by atoms with Crippen LogP contribution in [0.25, 0.3) is 11.4 Å². The van der Waals surface area contributed by atoms with Crippen LogP contribution < -0.4 is 9.47 Å². The van der Waals surface area contributed by atoms with Crippen LogP contribution in [0, 0.1) is 5.92 Å². The number of carbonyl (C=O) groups is 1. The molecule has 8 nitrogen and oxygen atoms in total. The van der Waals surface area contributed by atoms with Gasteiger partial charge in [0.05, 0.1) is 14.2 Å². The van der Waals surface area contributed by atoms with Gasteiger partial charge in [-0.3, -0.25) is 0 Å². The quantitative estimate of drug-likeness (QED) is 0.833. The standard InChI is InChI=1S/C15H20N4O4/c1-9(2)5-13(15(20)21)19-14(16-17-18-19)10-6-11(22-3)8-12(7-10)23-4/h6-9,13H,5H2,1-4H3,(H,20,21). The molecule has 2 rings (SSSR count). The van der Waals surface area contributed by atoms with Crippen molar-refractivity contribution >= 4 is 5.97 Å². The number of hydrogen-bond donors (Lipinski definition) is 1. The third kappa shape index (κ3) is 3.77. The summed E-state index contributed by atoms with van der Waals surface area (Å²) in [5.41, 5.74) is 0.626. The van der Waals surface area contributed by atoms with E-state index in [2.05, 4.69) is 15.5 Å². The van der Waals surface area contributed by atoms with Gasteiger partial charge in [-0.25, -0.2) is 9.48 Å². The predicted octanol–water partition coefficient (Wildman–Crippen LogP) is 2.03. The summed E-state index contributed by atoms with van der Waals surface area (Å²) in [4.78, 5) is 11.6. The summed E-state index contributed by atoms with van der Waals surface area (Å²) in [5, 5.41) is 21.0. The van der Waals surface area contributed by atoms with Gasteiger partial charge in [0.1, 0.15) is 11.5 Å². The number of hydrogen-bond acceptors (Lipinski definition) is 6. The molecule has 124 valence electrons. The minimum Gasteiger partial charge on any atom is -0.497 e. The molecule has 0 radical (unpaired) electrons. The number of benzene rings is 1. The third-order valence-corrected chi connectivity index (χ3v) is 3.38. The molecule has 1 unspecified atom stereocenters. The van der Waals surface area contributed by atoms with Gasteiger partial charge in [0.15, 0.2) is 11.9 Å². The Bertz CT molecular complexity index is 662. The Morgan fingerprint density at radius 2 is 1.83 bits per heavy atom. The number of tetrazole rings is 1. The predicted molar refractivity (Wildman–Crippen MR) is 82.5 cm³/mol. The van der Waals surface area contributed by atoms with E-state index in [-0.39, 0.29) is 5.92 Å². The molecule has 1 aromatic heterocycles. The van der Waals surface area contributed by atoms with Gasteiger partial charge in [0, 0.05) is 11.6 Å². The molecule has 0 bridgehead atoms. The van der Waals surface area contributed by atoms with Crippen molar-refractivity contribution in [3.8, 4) is 22.9 Å². The zero-order valence-corrected chi connectivity index (χ0v) is 13.6. The Hall–Kier alpha value is -2.64. The van der Waals surface area contributed by atoms with Gasteiger partial charge < -0.3 is 14.6 Å². The number of aliphatic carboxylic acids is 1. The first-order chi connectivity index (χ1) is 11.0. The van der Waals surface area contributed by atoms with Gasteiger partial charge in [0.2, 0.25) is 0 Å². The number of nitrogens with zero attached hydrogens (tertiary/aromatic N) is 4. The summed E-state index contributed by atoms with van der Waals surface area (Å²) in [5.74, 6) is 0.722. The van der Waals surface area contributed by atoms with Crippen molar-refractivity contribution in [1.29, 1.82) is 0 Å². The van der Waals surface area contributed by atoms with Crippen molar-refractivity contribution in [3.63, 3.8) is 0 Å². The number of methoxy groups -OCH3 is 2. The number of carboxylic acid groups (broad SMARTS) is 1. The van der Waals surface area contributed by atoms with Crippen LogP contribution in [0.3, 0.4) is 0 Å². The molecule has 2 aromatic rings. The van der Waals surface area contributed by atoms with E-state index in [1.165, 1.54) is 4.68 Å². The van der Waals surface area contributed by atoms with Crippen molar-refractivity contribution in [2.75, 3.05) is 14.2 Å². The van der Waals surface area contributed by atoms with Gasteiger partial charge in [0.25, 0.3) is 0 Å². The second kappa shape index (κ2) is 7.08. The van der Waals surface area contributed by atoms with E-state index >= 15 is 0 Å². The average molecular weight is 320 g/mol. The van der Waals surface area contributed by atoms with Crippen LogP contribution in [0.2, 0.25) is 0 Å². The van der Waals surface area contributed by atoms with E-state index in [0.29, 0.717) is 29.3 Å². The Morgan fingerprint density at radius 3 is 2.30 bits per heavy atom. The van der Waals surface area contributed by atoms with Gasteiger partial charge in [-0.05, 0) is 34.9 Å². The maximum Gasteiger partial charge on any atom is 0.328 e. The molecule has 0 aliphatic heterocycles. The lowest BCUT2D eigenvalue weighted by atomic mass is 10.0. The summed E-state index contributed by atoms with van der Waals surface area (Å²) in [7, 11) is 3.08. The summed E-state index contributed by atoms with van der Waals surface area (Å²) < 4.78 is 11.8. The molecule has 1 aromatic carbocycles. The van der Waals surface area contributed by atoms with Crippen molar-refractivity contribution in [2.24, 2.45) is 5.92 Å². The van der Waals surface area contributed by atoms with Crippen LogP contribution in [0.15, 0.2) is 18.2 Å². The van der Waals surface area contributed by atoms with Crippen LogP contribution in [-0.2, 0) is 4.79 Å². The van der Waals surface area contributed by atoms with Crippen LogP contribution in [0.4, 0.5) is 0 Å². The molecule has 8 heteroatoms. The molecule has 1 N–H and O–H groups in total. The summed E-state index contributed by atoms with van der Waals surface area (Å²) in [6, 6.07) is 4.36. The molecule has 0 saturated carbocycles. The molecule has 0 aliphatic rings. The third-order valence-electron chi connectivity index (χ3n) is 3.38. The number of aromatic nitrogens is 4. The van der Waals surface area contributed by atoms with E-state index in [4.69, 9.17) is 9.47 Å². The van der Waals surface area contributed by atoms with Gasteiger partial charge in [-0.15, -0.1) is 5.10 Å². The van der Waals surface area contributed by atoms with Crippen molar-refractivity contribution in [1.82, 2.24) is 20.2 Å². The zero-order valence-electron chi connectivity index (χ0n) is 13.6. The average Bonchev–Trinajstić information content (AvgIpc) is 3.00. The molecule has 0 fully saturated rings. The SMILES string of the molecule is COc1cc(OC)cc(-c2nnnn2C(CC(C)C)C(=O)O)c1. The van der Waals surface area contributed by atoms with E-state index in [9.17, 15) is 9.90 Å². The van der Waals surface area contributed by atoms with E-state index in [0.717, 1.165) is 0 Å². The van der Waals surface area contributed by atoms with Gasteiger partial charge in [-0.1, -0.05) is 13.8 Å². The highest BCUT2D eigenvalue weighted by molar-refractivity contribution is 5.73. The Balaban J connectivity index is 2.50. The summed E-state index contributed by atoms with van der Waals surface area (Å²) in [6.45, 7) is 3.91.